The van der Waals surface area contributed by atoms with Crippen LogP contribution in [-0.2, 0) is 14.4 Å². The standard InChI is InChI=1S/C13H21N3O5/c1-4-13(2,11(19)20)7-14-12(21)15-8-5-6-9(17)16(3)10(8)18/h8H,4-7H2,1-3H3,(H,19,20)(H2,14,15,21). The Labute approximate surface area is 122 Å². The second kappa shape index (κ2) is 6.55. The van der Waals surface area contributed by atoms with E-state index < -0.39 is 29.4 Å². The number of hydrogen-bond acceptors (Lipinski definition) is 4. The lowest BCUT2D eigenvalue weighted by Gasteiger charge is -2.29. The van der Waals surface area contributed by atoms with E-state index in [0.717, 1.165) is 4.90 Å². The van der Waals surface area contributed by atoms with Crippen molar-refractivity contribution in [3.05, 3.63) is 0 Å². The van der Waals surface area contributed by atoms with E-state index in [2.05, 4.69) is 10.6 Å². The van der Waals surface area contributed by atoms with E-state index in [9.17, 15) is 19.2 Å². The third-order valence-corrected chi connectivity index (χ3v) is 3.89. The van der Waals surface area contributed by atoms with Crippen LogP contribution in [0.25, 0.3) is 0 Å². The van der Waals surface area contributed by atoms with Gasteiger partial charge in [-0.25, -0.2) is 4.79 Å². The van der Waals surface area contributed by atoms with Crippen molar-refractivity contribution in [1.82, 2.24) is 15.5 Å². The van der Waals surface area contributed by atoms with Gasteiger partial charge in [0.25, 0.3) is 5.91 Å². The highest BCUT2D eigenvalue weighted by atomic mass is 16.4. The molecule has 2 unspecified atom stereocenters. The van der Waals surface area contributed by atoms with Crippen LogP contribution in [-0.4, -0.2) is 53.5 Å². The monoisotopic (exact) mass is 299 g/mol. The number of rotatable bonds is 5. The van der Waals surface area contributed by atoms with E-state index in [-0.39, 0.29) is 25.3 Å². The smallest absolute Gasteiger partial charge is 0.315 e. The molecular formula is C13H21N3O5. The molecule has 0 aromatic carbocycles. The van der Waals surface area contributed by atoms with Gasteiger partial charge < -0.3 is 15.7 Å². The first-order chi connectivity index (χ1) is 9.71. The van der Waals surface area contributed by atoms with Crippen LogP contribution in [0.4, 0.5) is 4.79 Å². The molecule has 118 valence electrons. The Kier molecular flexibility index (Phi) is 5.28. The Balaban J connectivity index is 2.53. The van der Waals surface area contributed by atoms with Gasteiger partial charge in [0.05, 0.1) is 5.41 Å². The molecule has 2 atom stereocenters. The minimum absolute atomic E-state index is 0.0413. The molecule has 0 bridgehead atoms. The number of carboxylic acid groups (broad SMARTS) is 1. The molecule has 3 N–H and O–H groups in total. The lowest BCUT2D eigenvalue weighted by atomic mass is 9.88. The van der Waals surface area contributed by atoms with Crippen molar-refractivity contribution in [2.75, 3.05) is 13.6 Å². The number of aliphatic carboxylic acids is 1. The van der Waals surface area contributed by atoms with E-state index in [1.54, 1.807) is 6.92 Å². The summed E-state index contributed by atoms with van der Waals surface area (Å²) >= 11 is 0. The lowest BCUT2D eigenvalue weighted by Crippen LogP contribution is -2.55. The van der Waals surface area contributed by atoms with Crippen molar-refractivity contribution in [3.63, 3.8) is 0 Å². The lowest BCUT2D eigenvalue weighted by molar-refractivity contribution is -0.149. The van der Waals surface area contributed by atoms with Gasteiger partial charge in [0.1, 0.15) is 6.04 Å². The third kappa shape index (κ3) is 3.93. The number of nitrogens with one attached hydrogen (secondary N) is 2. The number of nitrogens with zero attached hydrogens (tertiary/aromatic N) is 1. The van der Waals surface area contributed by atoms with Crippen molar-refractivity contribution >= 4 is 23.8 Å². The Morgan fingerprint density at radius 3 is 2.57 bits per heavy atom. The molecule has 21 heavy (non-hydrogen) atoms. The molecule has 1 heterocycles. The van der Waals surface area contributed by atoms with Gasteiger partial charge in [-0.2, -0.15) is 0 Å². The average Bonchev–Trinajstić information content (AvgIpc) is 2.45. The number of imide groups is 1. The molecule has 4 amide bonds. The first-order valence-corrected chi connectivity index (χ1v) is 6.79. The molecule has 0 saturated carbocycles. The first kappa shape index (κ1) is 16.9. The summed E-state index contributed by atoms with van der Waals surface area (Å²) < 4.78 is 0. The number of piperidine rings is 1. The number of likely N-dealkylation sites (tertiary alicyclic amines) is 1. The third-order valence-electron chi connectivity index (χ3n) is 3.89. The summed E-state index contributed by atoms with van der Waals surface area (Å²) in [6.45, 7) is 3.22. The number of hydrogen-bond donors (Lipinski definition) is 3. The molecule has 1 saturated heterocycles. The summed E-state index contributed by atoms with van der Waals surface area (Å²) in [7, 11) is 1.37. The predicted octanol–water partition coefficient (Wildman–Crippen LogP) is -0.0661. The maximum Gasteiger partial charge on any atom is 0.315 e. The number of urea groups is 1. The average molecular weight is 299 g/mol. The minimum Gasteiger partial charge on any atom is -0.481 e. The molecule has 0 aromatic heterocycles. The molecule has 1 aliphatic rings. The highest BCUT2D eigenvalue weighted by molar-refractivity contribution is 6.01. The highest BCUT2D eigenvalue weighted by Gasteiger charge is 2.34. The summed E-state index contributed by atoms with van der Waals surface area (Å²) in [6, 6.07) is -1.37. The summed E-state index contributed by atoms with van der Waals surface area (Å²) in [5.74, 6) is -1.73. The maximum absolute atomic E-state index is 11.8. The number of carbonyl (C=O) groups excluding carboxylic acids is 3. The number of carboxylic acids is 1. The largest absolute Gasteiger partial charge is 0.481 e. The summed E-state index contributed by atoms with van der Waals surface area (Å²) in [6.07, 6.45) is 0.802. The Morgan fingerprint density at radius 1 is 1.43 bits per heavy atom. The molecule has 1 aliphatic heterocycles. The van der Waals surface area contributed by atoms with Gasteiger partial charge in [-0.1, -0.05) is 6.92 Å². The van der Waals surface area contributed by atoms with Crippen LogP contribution >= 0.6 is 0 Å². The minimum atomic E-state index is -1.05. The van der Waals surface area contributed by atoms with Crippen LogP contribution in [0, 0.1) is 5.41 Å². The van der Waals surface area contributed by atoms with Gasteiger partial charge in [-0.15, -0.1) is 0 Å². The quantitative estimate of drug-likeness (QED) is 0.615. The fraction of sp³-hybridized carbons (Fsp3) is 0.692. The van der Waals surface area contributed by atoms with Crippen molar-refractivity contribution < 1.29 is 24.3 Å². The Bertz CT molecular complexity index is 465. The first-order valence-electron chi connectivity index (χ1n) is 6.79. The SMILES string of the molecule is CCC(C)(CNC(=O)NC1CCC(=O)N(C)C1=O)C(=O)O. The van der Waals surface area contributed by atoms with E-state index >= 15 is 0 Å². The molecule has 0 spiro atoms. The number of carbonyl (C=O) groups is 4. The van der Waals surface area contributed by atoms with Gasteiger partial charge in [0.2, 0.25) is 5.91 Å². The molecule has 0 aliphatic carbocycles. The molecule has 0 radical (unpaired) electrons. The molecule has 8 nitrogen and oxygen atoms in total. The van der Waals surface area contributed by atoms with E-state index in [4.69, 9.17) is 5.11 Å². The highest BCUT2D eigenvalue weighted by Crippen LogP contribution is 2.19. The zero-order valence-corrected chi connectivity index (χ0v) is 12.4. The topological polar surface area (TPSA) is 116 Å². The van der Waals surface area contributed by atoms with Gasteiger partial charge in [-0.05, 0) is 19.8 Å². The molecule has 1 rings (SSSR count). The zero-order valence-electron chi connectivity index (χ0n) is 12.4. The molecule has 1 fully saturated rings. The summed E-state index contributed by atoms with van der Waals surface area (Å²) in [5.41, 5.74) is -1.05. The number of amides is 4. The second-order valence-electron chi connectivity index (χ2n) is 5.43. The van der Waals surface area contributed by atoms with E-state index in [0.29, 0.717) is 6.42 Å². The second-order valence-corrected chi connectivity index (χ2v) is 5.43. The van der Waals surface area contributed by atoms with Gasteiger partial charge >= 0.3 is 12.0 Å². The van der Waals surface area contributed by atoms with E-state index in [1.165, 1.54) is 14.0 Å². The van der Waals surface area contributed by atoms with Crippen molar-refractivity contribution in [1.29, 1.82) is 0 Å². The maximum atomic E-state index is 11.8. The fourth-order valence-electron chi connectivity index (χ4n) is 1.89. The molecule has 8 heteroatoms. The van der Waals surface area contributed by atoms with Crippen molar-refractivity contribution in [2.24, 2.45) is 5.41 Å². The Hall–Kier alpha value is -2.12. The van der Waals surface area contributed by atoms with Gasteiger partial charge in [0.15, 0.2) is 0 Å². The van der Waals surface area contributed by atoms with Gasteiger partial charge in [0, 0.05) is 20.0 Å². The van der Waals surface area contributed by atoms with Crippen LogP contribution in [0.1, 0.15) is 33.1 Å². The molecular weight excluding hydrogens is 278 g/mol. The van der Waals surface area contributed by atoms with Crippen molar-refractivity contribution in [3.8, 4) is 0 Å². The van der Waals surface area contributed by atoms with Crippen molar-refractivity contribution in [2.45, 2.75) is 39.2 Å². The fourth-order valence-corrected chi connectivity index (χ4v) is 1.89. The number of likely N-dealkylation sites (N-methyl/N-ethyl adjacent to an activating group) is 1. The Morgan fingerprint density at radius 2 is 2.05 bits per heavy atom. The van der Waals surface area contributed by atoms with Crippen LogP contribution in [0.3, 0.4) is 0 Å². The van der Waals surface area contributed by atoms with Crippen LogP contribution in [0.5, 0.6) is 0 Å². The van der Waals surface area contributed by atoms with Crippen LogP contribution in [0.2, 0.25) is 0 Å². The summed E-state index contributed by atoms with van der Waals surface area (Å²) in [4.78, 5) is 47.0. The van der Waals surface area contributed by atoms with Crippen LogP contribution < -0.4 is 10.6 Å². The van der Waals surface area contributed by atoms with Crippen LogP contribution in [0.15, 0.2) is 0 Å². The molecule has 0 aromatic rings. The van der Waals surface area contributed by atoms with E-state index in [1.807, 2.05) is 0 Å². The normalized spacial score (nSPS) is 21.7. The zero-order chi connectivity index (χ0) is 16.2. The summed E-state index contributed by atoms with van der Waals surface area (Å²) in [5, 5.41) is 14.0. The van der Waals surface area contributed by atoms with Gasteiger partial charge in [-0.3, -0.25) is 19.3 Å². The predicted molar refractivity (Wildman–Crippen MR) is 73.4 cm³/mol.